The summed E-state index contributed by atoms with van der Waals surface area (Å²) in [5.41, 5.74) is 0.628. The smallest absolute Gasteiger partial charge is 0.158 e. The van der Waals surface area contributed by atoms with E-state index < -0.39 is 0 Å². The molecular weight excluding hydrogens is 200 g/mol. The van der Waals surface area contributed by atoms with Crippen molar-refractivity contribution in [2.24, 2.45) is 11.3 Å². The van der Waals surface area contributed by atoms with Crippen LogP contribution in [0.1, 0.15) is 33.6 Å². The van der Waals surface area contributed by atoms with Crippen LogP contribution in [0.3, 0.4) is 0 Å². The maximum atomic E-state index is 11.6. The van der Waals surface area contributed by atoms with Crippen molar-refractivity contribution < 1.29 is 4.79 Å². The van der Waals surface area contributed by atoms with E-state index in [4.69, 9.17) is 0 Å². The molecule has 0 saturated carbocycles. The highest BCUT2D eigenvalue weighted by Crippen LogP contribution is 2.40. The standard InChI is InChI=1S/C13H20N2O/c1-5-6-15(4)12-7-10(16)8-13(2,3)11(12)9-14/h7,11H,5-6,8H2,1-4H3. The summed E-state index contributed by atoms with van der Waals surface area (Å²) in [6.45, 7) is 6.96. The summed E-state index contributed by atoms with van der Waals surface area (Å²) in [5, 5.41) is 9.27. The maximum Gasteiger partial charge on any atom is 0.158 e. The fourth-order valence-corrected chi connectivity index (χ4v) is 2.29. The molecule has 1 rings (SSSR count). The van der Waals surface area contributed by atoms with Crippen LogP contribution in [0.4, 0.5) is 0 Å². The third-order valence-corrected chi connectivity index (χ3v) is 3.14. The van der Waals surface area contributed by atoms with Gasteiger partial charge in [0, 0.05) is 31.8 Å². The summed E-state index contributed by atoms with van der Waals surface area (Å²) in [4.78, 5) is 13.7. The first-order valence-corrected chi connectivity index (χ1v) is 5.77. The second kappa shape index (κ2) is 4.69. The Morgan fingerprint density at radius 1 is 1.62 bits per heavy atom. The van der Waals surface area contributed by atoms with Crippen molar-refractivity contribution in [2.45, 2.75) is 33.6 Å². The Bertz CT molecular complexity index is 349. The summed E-state index contributed by atoms with van der Waals surface area (Å²) >= 11 is 0. The predicted molar refractivity (Wildman–Crippen MR) is 63.5 cm³/mol. The van der Waals surface area contributed by atoms with E-state index in [1.165, 1.54) is 0 Å². The first-order chi connectivity index (χ1) is 7.42. The molecule has 0 radical (unpaired) electrons. The summed E-state index contributed by atoms with van der Waals surface area (Å²) in [6.07, 6.45) is 3.13. The molecule has 0 amide bonds. The van der Waals surface area contributed by atoms with Gasteiger partial charge in [-0.05, 0) is 11.8 Å². The van der Waals surface area contributed by atoms with Crippen molar-refractivity contribution in [3.8, 4) is 6.07 Å². The van der Waals surface area contributed by atoms with Crippen molar-refractivity contribution in [1.82, 2.24) is 4.90 Å². The molecule has 0 bridgehead atoms. The lowest BCUT2D eigenvalue weighted by Crippen LogP contribution is -2.37. The van der Waals surface area contributed by atoms with Crippen LogP contribution in [0, 0.1) is 22.7 Å². The zero-order valence-electron chi connectivity index (χ0n) is 10.6. The fraction of sp³-hybridized carbons (Fsp3) is 0.692. The number of rotatable bonds is 3. The normalized spacial score (nSPS) is 23.6. The lowest BCUT2D eigenvalue weighted by atomic mass is 9.70. The van der Waals surface area contributed by atoms with Gasteiger partial charge in [0.15, 0.2) is 5.78 Å². The van der Waals surface area contributed by atoms with Crippen LogP contribution < -0.4 is 0 Å². The minimum absolute atomic E-state index is 0.134. The topological polar surface area (TPSA) is 44.1 Å². The van der Waals surface area contributed by atoms with Crippen LogP contribution in [0.5, 0.6) is 0 Å². The van der Waals surface area contributed by atoms with E-state index in [-0.39, 0.29) is 17.1 Å². The third-order valence-electron chi connectivity index (χ3n) is 3.14. The SMILES string of the molecule is CCCN(C)C1=CC(=O)CC(C)(C)C1C#N. The number of hydrogen-bond acceptors (Lipinski definition) is 3. The van der Waals surface area contributed by atoms with E-state index in [0.717, 1.165) is 18.7 Å². The van der Waals surface area contributed by atoms with Gasteiger partial charge in [0.2, 0.25) is 0 Å². The monoisotopic (exact) mass is 220 g/mol. The molecule has 16 heavy (non-hydrogen) atoms. The zero-order valence-corrected chi connectivity index (χ0v) is 10.6. The Morgan fingerprint density at radius 3 is 2.75 bits per heavy atom. The highest BCUT2D eigenvalue weighted by Gasteiger charge is 2.39. The highest BCUT2D eigenvalue weighted by molar-refractivity contribution is 5.92. The third kappa shape index (κ3) is 2.44. The van der Waals surface area contributed by atoms with Crippen LogP contribution in [0.25, 0.3) is 0 Å². The molecular formula is C13H20N2O. The van der Waals surface area contributed by atoms with Gasteiger partial charge in [0.1, 0.15) is 0 Å². The molecule has 3 heteroatoms. The van der Waals surface area contributed by atoms with Crippen molar-refractivity contribution in [1.29, 1.82) is 5.26 Å². The second-order valence-corrected chi connectivity index (χ2v) is 5.18. The highest BCUT2D eigenvalue weighted by atomic mass is 16.1. The zero-order chi connectivity index (χ0) is 12.3. The molecule has 0 aromatic carbocycles. The lowest BCUT2D eigenvalue weighted by molar-refractivity contribution is -0.117. The molecule has 0 saturated heterocycles. The molecule has 1 unspecified atom stereocenters. The van der Waals surface area contributed by atoms with Gasteiger partial charge >= 0.3 is 0 Å². The average molecular weight is 220 g/mol. The molecule has 1 aliphatic carbocycles. The van der Waals surface area contributed by atoms with Gasteiger partial charge in [-0.1, -0.05) is 20.8 Å². The van der Waals surface area contributed by atoms with Crippen LogP contribution in [0.2, 0.25) is 0 Å². The van der Waals surface area contributed by atoms with E-state index in [1.54, 1.807) is 6.08 Å². The van der Waals surface area contributed by atoms with Crippen LogP contribution in [-0.2, 0) is 4.79 Å². The molecule has 0 aromatic heterocycles. The summed E-state index contributed by atoms with van der Waals surface area (Å²) in [7, 11) is 1.95. The van der Waals surface area contributed by atoms with Crippen LogP contribution in [-0.4, -0.2) is 24.3 Å². The van der Waals surface area contributed by atoms with Crippen LogP contribution >= 0.6 is 0 Å². The molecule has 3 nitrogen and oxygen atoms in total. The Labute approximate surface area is 97.7 Å². The molecule has 0 aromatic rings. The van der Waals surface area contributed by atoms with E-state index >= 15 is 0 Å². The average Bonchev–Trinajstić information content (AvgIpc) is 2.15. The number of nitrogens with zero attached hydrogens (tertiary/aromatic N) is 2. The summed E-state index contributed by atoms with van der Waals surface area (Å²) in [6, 6.07) is 2.34. The van der Waals surface area contributed by atoms with Crippen molar-refractivity contribution in [2.75, 3.05) is 13.6 Å². The molecule has 88 valence electrons. The van der Waals surface area contributed by atoms with Gasteiger partial charge in [-0.3, -0.25) is 4.79 Å². The number of hydrogen-bond donors (Lipinski definition) is 0. The number of nitriles is 1. The number of ketones is 1. The Balaban J connectivity index is 3.04. The minimum Gasteiger partial charge on any atom is -0.377 e. The van der Waals surface area contributed by atoms with E-state index in [9.17, 15) is 10.1 Å². The first-order valence-electron chi connectivity index (χ1n) is 5.77. The molecule has 0 fully saturated rings. The summed E-state index contributed by atoms with van der Waals surface area (Å²) < 4.78 is 0. The number of carbonyl (C=O) groups excluding carboxylic acids is 1. The Kier molecular flexibility index (Phi) is 3.74. The van der Waals surface area contributed by atoms with E-state index in [0.29, 0.717) is 6.42 Å². The summed E-state index contributed by atoms with van der Waals surface area (Å²) in [5.74, 6) is -0.0452. The molecule has 1 atom stereocenters. The van der Waals surface area contributed by atoms with Gasteiger partial charge < -0.3 is 4.90 Å². The van der Waals surface area contributed by atoms with Gasteiger partial charge in [-0.2, -0.15) is 5.26 Å². The quantitative estimate of drug-likeness (QED) is 0.733. The molecule has 0 N–H and O–H groups in total. The maximum absolute atomic E-state index is 11.6. The first kappa shape index (κ1) is 12.8. The molecule has 0 spiro atoms. The molecule has 0 heterocycles. The minimum atomic E-state index is -0.252. The Morgan fingerprint density at radius 2 is 2.25 bits per heavy atom. The van der Waals surface area contributed by atoms with Gasteiger partial charge in [0.25, 0.3) is 0 Å². The largest absolute Gasteiger partial charge is 0.377 e. The van der Waals surface area contributed by atoms with Crippen LogP contribution in [0.15, 0.2) is 11.8 Å². The lowest BCUT2D eigenvalue weighted by Gasteiger charge is -2.38. The van der Waals surface area contributed by atoms with Crippen molar-refractivity contribution in [3.63, 3.8) is 0 Å². The van der Waals surface area contributed by atoms with Gasteiger partial charge in [-0.25, -0.2) is 0 Å². The van der Waals surface area contributed by atoms with Gasteiger partial charge in [-0.15, -0.1) is 0 Å². The van der Waals surface area contributed by atoms with E-state index in [1.807, 2.05) is 25.8 Å². The van der Waals surface area contributed by atoms with E-state index in [2.05, 4.69) is 13.0 Å². The van der Waals surface area contributed by atoms with Crippen molar-refractivity contribution >= 4 is 5.78 Å². The molecule has 1 aliphatic rings. The molecule has 0 aliphatic heterocycles. The Hall–Kier alpha value is -1.30. The fourth-order valence-electron chi connectivity index (χ4n) is 2.29. The number of allylic oxidation sites excluding steroid dienone is 2. The van der Waals surface area contributed by atoms with Gasteiger partial charge in [0.05, 0.1) is 12.0 Å². The second-order valence-electron chi connectivity index (χ2n) is 5.18. The van der Waals surface area contributed by atoms with Crippen molar-refractivity contribution in [3.05, 3.63) is 11.8 Å². The predicted octanol–water partition coefficient (Wildman–Crippen LogP) is 2.35. The number of carbonyl (C=O) groups is 1.